The van der Waals surface area contributed by atoms with E-state index in [1.807, 2.05) is 30.3 Å². The first-order valence-electron chi connectivity index (χ1n) is 7.58. The molecule has 6 nitrogen and oxygen atoms in total. The average molecular weight is 331 g/mol. The Bertz CT molecular complexity index is 672. The van der Waals surface area contributed by atoms with Crippen molar-refractivity contribution < 1.29 is 14.7 Å². The fourth-order valence-corrected chi connectivity index (χ4v) is 3.60. The Morgan fingerprint density at radius 1 is 1.17 bits per heavy atom. The minimum absolute atomic E-state index is 0.00744. The van der Waals surface area contributed by atoms with Crippen LogP contribution in [0.1, 0.15) is 25.7 Å². The van der Waals surface area contributed by atoms with E-state index in [0.29, 0.717) is 0 Å². The average Bonchev–Trinajstić information content (AvgIpc) is 2.83. The molecule has 2 unspecified atom stereocenters. The largest absolute Gasteiger partial charge is 0.510 e. The fraction of sp³-hybridized carbons (Fsp3) is 0.375. The number of rotatable bonds is 3. The Kier molecular flexibility index (Phi) is 4.76. The number of azo groups is 1. The molecule has 2 atom stereocenters. The van der Waals surface area contributed by atoms with E-state index in [-0.39, 0.29) is 29.1 Å². The van der Waals surface area contributed by atoms with Crippen LogP contribution in [-0.4, -0.2) is 16.9 Å². The summed E-state index contributed by atoms with van der Waals surface area (Å²) < 4.78 is 2.52. The first-order chi connectivity index (χ1) is 11.2. The number of nitrogens with zero attached hydrogens (tertiary/aromatic N) is 2. The lowest BCUT2D eigenvalue weighted by Gasteiger charge is -2.23. The molecule has 0 aliphatic heterocycles. The molecule has 3 rings (SSSR count). The molecule has 0 aromatic heterocycles. The molecule has 23 heavy (non-hydrogen) atoms. The van der Waals surface area contributed by atoms with Gasteiger partial charge in [0.2, 0.25) is 0 Å². The highest BCUT2D eigenvalue weighted by Gasteiger charge is 2.43. The van der Waals surface area contributed by atoms with Crippen LogP contribution in [0.25, 0.3) is 0 Å². The van der Waals surface area contributed by atoms with E-state index in [1.165, 1.54) is 0 Å². The van der Waals surface area contributed by atoms with E-state index in [1.54, 1.807) is 0 Å². The predicted molar refractivity (Wildman–Crippen MR) is 85.8 cm³/mol. The molecule has 120 valence electrons. The molecule has 2 amide bonds. The summed E-state index contributed by atoms with van der Waals surface area (Å²) in [6, 6.07) is 8.63. The van der Waals surface area contributed by atoms with Crippen molar-refractivity contribution in [3.63, 3.8) is 0 Å². The van der Waals surface area contributed by atoms with Crippen molar-refractivity contribution in [3.8, 4) is 0 Å². The number of carbonyl (C=O) groups excluding carboxylic acids is 2. The predicted octanol–water partition coefficient (Wildman–Crippen LogP) is 4.01. The molecule has 0 saturated heterocycles. The maximum atomic E-state index is 12.2. The number of amides is 2. The van der Waals surface area contributed by atoms with Crippen LogP contribution >= 0.6 is 11.9 Å². The van der Waals surface area contributed by atoms with Gasteiger partial charge in [-0.15, -0.1) is 5.11 Å². The second-order valence-electron chi connectivity index (χ2n) is 5.62. The van der Waals surface area contributed by atoms with Crippen LogP contribution in [0.5, 0.6) is 0 Å². The molecule has 0 heterocycles. The number of aliphatic hydroxyl groups excluding tert-OH is 1. The van der Waals surface area contributed by atoms with Gasteiger partial charge in [-0.3, -0.25) is 9.52 Å². The van der Waals surface area contributed by atoms with Crippen molar-refractivity contribution in [2.75, 3.05) is 0 Å². The fourth-order valence-electron chi connectivity index (χ4n) is 3.06. The SMILES string of the molecule is O=C(N=NC1=C(O)C2CCCCC2C1=O)NSc1ccccc1. The van der Waals surface area contributed by atoms with E-state index in [0.717, 1.165) is 42.5 Å². The van der Waals surface area contributed by atoms with Crippen molar-refractivity contribution in [3.05, 3.63) is 41.8 Å². The van der Waals surface area contributed by atoms with Crippen LogP contribution in [0.15, 0.2) is 56.9 Å². The molecule has 2 aliphatic carbocycles. The third kappa shape index (κ3) is 3.44. The molecule has 0 radical (unpaired) electrons. The van der Waals surface area contributed by atoms with Gasteiger partial charge in [0, 0.05) is 16.7 Å². The molecule has 1 aromatic carbocycles. The zero-order valence-electron chi connectivity index (χ0n) is 12.4. The van der Waals surface area contributed by atoms with E-state index in [4.69, 9.17) is 0 Å². The molecule has 2 N–H and O–H groups in total. The Balaban J connectivity index is 1.61. The molecule has 1 aromatic rings. The number of ketones is 1. The summed E-state index contributed by atoms with van der Waals surface area (Å²) >= 11 is 1.12. The summed E-state index contributed by atoms with van der Waals surface area (Å²) in [6.45, 7) is 0. The summed E-state index contributed by atoms with van der Waals surface area (Å²) in [5.74, 6) is -0.544. The van der Waals surface area contributed by atoms with E-state index in [9.17, 15) is 14.7 Å². The Morgan fingerprint density at radius 2 is 1.87 bits per heavy atom. The smallest absolute Gasteiger partial charge is 0.369 e. The Hall–Kier alpha value is -2.15. The number of benzene rings is 1. The summed E-state index contributed by atoms with van der Waals surface area (Å²) in [4.78, 5) is 24.8. The summed E-state index contributed by atoms with van der Waals surface area (Å²) in [7, 11) is 0. The van der Waals surface area contributed by atoms with Crippen molar-refractivity contribution in [2.45, 2.75) is 30.6 Å². The standard InChI is InChI=1S/C16H17N3O3S/c20-14-11-8-4-5-9-12(11)15(21)13(14)17-18-16(22)19-23-10-6-2-1-3-7-10/h1-3,6-7,11-12,20H,4-5,8-9H2,(H,19,22). The van der Waals surface area contributed by atoms with Crippen LogP contribution < -0.4 is 4.72 Å². The van der Waals surface area contributed by atoms with Crippen molar-refractivity contribution >= 4 is 23.8 Å². The van der Waals surface area contributed by atoms with E-state index in [2.05, 4.69) is 15.0 Å². The van der Waals surface area contributed by atoms with Crippen LogP contribution in [0, 0.1) is 11.8 Å². The molecular formula is C16H17N3O3S. The third-order valence-electron chi connectivity index (χ3n) is 4.17. The maximum Gasteiger partial charge on any atom is 0.369 e. The normalized spacial score (nSPS) is 24.1. The molecule has 0 bridgehead atoms. The van der Waals surface area contributed by atoms with Gasteiger partial charge in [-0.25, -0.2) is 4.79 Å². The highest BCUT2D eigenvalue weighted by molar-refractivity contribution is 7.98. The molecule has 1 saturated carbocycles. The van der Waals surface area contributed by atoms with Gasteiger partial charge in [0.05, 0.1) is 0 Å². The number of aliphatic hydroxyl groups is 1. The van der Waals surface area contributed by atoms with Gasteiger partial charge >= 0.3 is 6.03 Å². The van der Waals surface area contributed by atoms with Crippen LogP contribution in [0.3, 0.4) is 0 Å². The lowest BCUT2D eigenvalue weighted by Crippen LogP contribution is -2.21. The monoisotopic (exact) mass is 331 g/mol. The zero-order valence-corrected chi connectivity index (χ0v) is 13.3. The molecule has 7 heteroatoms. The number of hydrogen-bond donors (Lipinski definition) is 2. The number of nitrogens with one attached hydrogen (secondary N) is 1. The Labute approximate surface area is 138 Å². The van der Waals surface area contributed by atoms with Crippen molar-refractivity contribution in [1.29, 1.82) is 0 Å². The number of allylic oxidation sites excluding steroid dienone is 2. The minimum atomic E-state index is -0.665. The van der Waals surface area contributed by atoms with E-state index < -0.39 is 6.03 Å². The maximum absolute atomic E-state index is 12.2. The molecule has 0 spiro atoms. The van der Waals surface area contributed by atoms with Gasteiger partial charge in [0.1, 0.15) is 5.76 Å². The molecule has 2 aliphatic rings. The summed E-state index contributed by atoms with van der Waals surface area (Å²) in [6.07, 6.45) is 3.54. The quantitative estimate of drug-likeness (QED) is 0.646. The highest BCUT2D eigenvalue weighted by atomic mass is 32.2. The lowest BCUT2D eigenvalue weighted by molar-refractivity contribution is -0.120. The minimum Gasteiger partial charge on any atom is -0.510 e. The first kappa shape index (κ1) is 15.7. The van der Waals surface area contributed by atoms with E-state index >= 15 is 0 Å². The zero-order chi connectivity index (χ0) is 16.2. The van der Waals surface area contributed by atoms with Gasteiger partial charge in [0.15, 0.2) is 11.5 Å². The highest BCUT2D eigenvalue weighted by Crippen LogP contribution is 2.42. The van der Waals surface area contributed by atoms with Gasteiger partial charge in [-0.1, -0.05) is 36.2 Å². The number of urea groups is 1. The number of hydrogen-bond acceptors (Lipinski definition) is 5. The second kappa shape index (κ2) is 6.95. The lowest BCUT2D eigenvalue weighted by atomic mass is 9.80. The van der Waals surface area contributed by atoms with Crippen molar-refractivity contribution in [1.82, 2.24) is 4.72 Å². The Morgan fingerprint density at radius 3 is 2.57 bits per heavy atom. The van der Waals surface area contributed by atoms with Gasteiger partial charge in [0.25, 0.3) is 0 Å². The number of Topliss-reactive ketones (excluding diaryl/α,β-unsaturated/α-hetero) is 1. The first-order valence-corrected chi connectivity index (χ1v) is 8.39. The summed E-state index contributed by atoms with van der Waals surface area (Å²) in [5, 5.41) is 17.3. The second-order valence-corrected chi connectivity index (χ2v) is 6.50. The molecular weight excluding hydrogens is 314 g/mol. The van der Waals surface area contributed by atoms with Crippen LogP contribution in [0.4, 0.5) is 4.79 Å². The third-order valence-corrected chi connectivity index (χ3v) is 4.95. The topological polar surface area (TPSA) is 91.1 Å². The molecule has 1 fully saturated rings. The summed E-state index contributed by atoms with van der Waals surface area (Å²) in [5.41, 5.74) is -0.0539. The van der Waals surface area contributed by atoms with Crippen LogP contribution in [0.2, 0.25) is 0 Å². The number of carbonyl (C=O) groups is 2. The van der Waals surface area contributed by atoms with Crippen molar-refractivity contribution in [2.24, 2.45) is 22.1 Å². The van der Waals surface area contributed by atoms with Gasteiger partial charge < -0.3 is 5.11 Å². The van der Waals surface area contributed by atoms with Crippen LogP contribution in [-0.2, 0) is 4.79 Å². The van der Waals surface area contributed by atoms with Gasteiger partial charge in [-0.2, -0.15) is 0 Å². The number of fused-ring (bicyclic) bond motifs is 1. The van der Waals surface area contributed by atoms with Gasteiger partial charge in [-0.05, 0) is 36.9 Å².